The maximum absolute atomic E-state index is 11.6. The number of imidazole rings is 1. The minimum absolute atomic E-state index is 0.111. The molecule has 6 heteroatoms. The van der Waals surface area contributed by atoms with Crippen molar-refractivity contribution < 1.29 is 9.90 Å². The number of aromatic nitrogens is 2. The molecule has 1 aromatic heterocycles. The molecular weight excluding hydrogens is 244 g/mol. The van der Waals surface area contributed by atoms with E-state index in [9.17, 15) is 9.59 Å². The van der Waals surface area contributed by atoms with Crippen LogP contribution in [-0.2, 0) is 0 Å². The van der Waals surface area contributed by atoms with Gasteiger partial charge in [-0.1, -0.05) is 11.6 Å². The highest BCUT2D eigenvalue weighted by atomic mass is 35.5. The van der Waals surface area contributed by atoms with Crippen LogP contribution >= 0.6 is 11.6 Å². The van der Waals surface area contributed by atoms with Gasteiger partial charge in [0.25, 0.3) is 0 Å². The lowest BCUT2D eigenvalue weighted by Gasteiger charge is -2.08. The average molecular weight is 253 g/mol. The third kappa shape index (κ3) is 1.97. The van der Waals surface area contributed by atoms with Gasteiger partial charge in [-0.05, 0) is 30.7 Å². The zero-order valence-electron chi connectivity index (χ0n) is 8.90. The number of aromatic carboxylic acids is 1. The number of carbonyl (C=O) groups is 1. The van der Waals surface area contributed by atoms with E-state index in [2.05, 4.69) is 4.98 Å². The van der Waals surface area contributed by atoms with Crippen LogP contribution in [0.3, 0.4) is 0 Å². The van der Waals surface area contributed by atoms with Crippen molar-refractivity contribution in [2.45, 2.75) is 6.92 Å². The number of nitrogens with one attached hydrogen (secondary N) is 1. The standard InChI is InChI=1S/C11H9ClN2O3/c1-6-4-7(12)2-3-8(6)14-9(10(15)16)5-13-11(14)17/h2-5H,1H3,(H,13,17)(H,15,16). The van der Waals surface area contributed by atoms with Crippen molar-refractivity contribution >= 4 is 17.6 Å². The smallest absolute Gasteiger partial charge is 0.354 e. The first kappa shape index (κ1) is 11.5. The minimum atomic E-state index is -1.17. The van der Waals surface area contributed by atoms with E-state index >= 15 is 0 Å². The zero-order valence-corrected chi connectivity index (χ0v) is 9.65. The molecule has 2 aromatic rings. The van der Waals surface area contributed by atoms with Gasteiger partial charge in [-0.25, -0.2) is 9.59 Å². The van der Waals surface area contributed by atoms with Gasteiger partial charge in [0.1, 0.15) is 0 Å². The molecule has 17 heavy (non-hydrogen) atoms. The van der Waals surface area contributed by atoms with Crippen molar-refractivity contribution in [2.24, 2.45) is 0 Å². The number of hydrogen-bond donors (Lipinski definition) is 2. The van der Waals surface area contributed by atoms with Gasteiger partial charge in [0, 0.05) is 11.2 Å². The van der Waals surface area contributed by atoms with Gasteiger partial charge in [-0.15, -0.1) is 0 Å². The van der Waals surface area contributed by atoms with Gasteiger partial charge in [0.15, 0.2) is 5.69 Å². The van der Waals surface area contributed by atoms with Gasteiger partial charge in [0.05, 0.1) is 5.69 Å². The highest BCUT2D eigenvalue weighted by molar-refractivity contribution is 6.30. The van der Waals surface area contributed by atoms with E-state index in [0.29, 0.717) is 10.7 Å². The first-order valence-electron chi connectivity index (χ1n) is 4.81. The predicted octanol–water partition coefficient (Wildman–Crippen LogP) is 1.83. The molecule has 0 spiro atoms. The van der Waals surface area contributed by atoms with Gasteiger partial charge >= 0.3 is 11.7 Å². The van der Waals surface area contributed by atoms with E-state index in [1.807, 2.05) is 0 Å². The Hall–Kier alpha value is -2.01. The number of H-pyrrole nitrogens is 1. The van der Waals surface area contributed by atoms with Crippen LogP contribution in [0.1, 0.15) is 16.1 Å². The second kappa shape index (κ2) is 4.10. The van der Waals surface area contributed by atoms with Gasteiger partial charge in [0.2, 0.25) is 0 Å². The molecule has 2 rings (SSSR count). The third-order valence-corrected chi connectivity index (χ3v) is 2.63. The highest BCUT2D eigenvalue weighted by Gasteiger charge is 2.15. The Kier molecular flexibility index (Phi) is 2.77. The summed E-state index contributed by atoms with van der Waals surface area (Å²) in [7, 11) is 0. The lowest BCUT2D eigenvalue weighted by atomic mass is 10.2. The monoisotopic (exact) mass is 252 g/mol. The van der Waals surface area contributed by atoms with Crippen LogP contribution < -0.4 is 5.69 Å². The van der Waals surface area contributed by atoms with Crippen LogP contribution in [0, 0.1) is 6.92 Å². The minimum Gasteiger partial charge on any atom is -0.477 e. The molecule has 0 radical (unpaired) electrons. The molecule has 0 aliphatic heterocycles. The Balaban J connectivity index is 2.72. The molecule has 88 valence electrons. The maximum atomic E-state index is 11.6. The summed E-state index contributed by atoms with van der Waals surface area (Å²) < 4.78 is 1.11. The second-order valence-electron chi connectivity index (χ2n) is 3.55. The Morgan fingerprint density at radius 2 is 2.18 bits per heavy atom. The number of rotatable bonds is 2. The van der Waals surface area contributed by atoms with Crippen molar-refractivity contribution in [3.05, 3.63) is 51.2 Å². The number of halogens is 1. The van der Waals surface area contributed by atoms with Crippen molar-refractivity contribution in [3.8, 4) is 5.69 Å². The Labute approximate surface area is 101 Å². The van der Waals surface area contributed by atoms with Crippen LogP contribution in [-0.4, -0.2) is 20.6 Å². The van der Waals surface area contributed by atoms with Crippen molar-refractivity contribution in [3.63, 3.8) is 0 Å². The number of aromatic amines is 1. The number of nitrogens with zero attached hydrogens (tertiary/aromatic N) is 1. The molecule has 0 aliphatic carbocycles. The fraction of sp³-hybridized carbons (Fsp3) is 0.0909. The van der Waals surface area contributed by atoms with Crippen LogP contribution in [0.5, 0.6) is 0 Å². The number of aryl methyl sites for hydroxylation is 1. The molecule has 1 aromatic carbocycles. The molecule has 2 N–H and O–H groups in total. The molecule has 0 unspecified atom stereocenters. The lowest BCUT2D eigenvalue weighted by Crippen LogP contribution is -2.19. The average Bonchev–Trinajstić information content (AvgIpc) is 2.60. The summed E-state index contributed by atoms with van der Waals surface area (Å²) in [5, 5.41) is 9.51. The molecule has 0 aliphatic rings. The number of carboxylic acids is 1. The summed E-state index contributed by atoms with van der Waals surface area (Å²) in [5.74, 6) is -1.17. The fourth-order valence-electron chi connectivity index (χ4n) is 1.63. The summed E-state index contributed by atoms with van der Waals surface area (Å²) in [6.07, 6.45) is 1.17. The van der Waals surface area contributed by atoms with Gasteiger partial charge in [-0.3, -0.25) is 4.57 Å². The van der Waals surface area contributed by atoms with E-state index in [1.54, 1.807) is 25.1 Å². The predicted molar refractivity (Wildman–Crippen MR) is 63.1 cm³/mol. The van der Waals surface area contributed by atoms with Crippen molar-refractivity contribution in [2.75, 3.05) is 0 Å². The summed E-state index contributed by atoms with van der Waals surface area (Å²) >= 11 is 5.81. The summed E-state index contributed by atoms with van der Waals surface area (Å²) in [5.41, 5.74) is 0.619. The van der Waals surface area contributed by atoms with Crippen LogP contribution in [0.2, 0.25) is 5.02 Å². The molecule has 0 saturated carbocycles. The second-order valence-corrected chi connectivity index (χ2v) is 3.99. The third-order valence-electron chi connectivity index (χ3n) is 2.40. The zero-order chi connectivity index (χ0) is 12.6. The first-order valence-corrected chi connectivity index (χ1v) is 5.19. The highest BCUT2D eigenvalue weighted by Crippen LogP contribution is 2.18. The van der Waals surface area contributed by atoms with E-state index in [-0.39, 0.29) is 5.69 Å². The van der Waals surface area contributed by atoms with E-state index in [0.717, 1.165) is 10.1 Å². The van der Waals surface area contributed by atoms with Crippen LogP contribution in [0.15, 0.2) is 29.2 Å². The van der Waals surface area contributed by atoms with Crippen LogP contribution in [0.4, 0.5) is 0 Å². The largest absolute Gasteiger partial charge is 0.477 e. The SMILES string of the molecule is Cc1cc(Cl)ccc1-n1c(C(=O)O)c[nH]c1=O. The first-order chi connectivity index (χ1) is 8.00. The lowest BCUT2D eigenvalue weighted by molar-refractivity contribution is 0.0688. The number of carboxylic acid groups (broad SMARTS) is 1. The van der Waals surface area contributed by atoms with Gasteiger partial charge in [-0.2, -0.15) is 0 Å². The molecule has 0 atom stereocenters. The maximum Gasteiger partial charge on any atom is 0.354 e. The normalized spacial score (nSPS) is 10.5. The van der Waals surface area contributed by atoms with Crippen molar-refractivity contribution in [1.82, 2.24) is 9.55 Å². The number of hydrogen-bond acceptors (Lipinski definition) is 2. The quantitative estimate of drug-likeness (QED) is 0.856. The summed E-state index contributed by atoms with van der Waals surface area (Å²) in [4.78, 5) is 24.9. The van der Waals surface area contributed by atoms with Crippen LogP contribution in [0.25, 0.3) is 5.69 Å². The molecule has 0 fully saturated rings. The van der Waals surface area contributed by atoms with E-state index in [4.69, 9.17) is 16.7 Å². The van der Waals surface area contributed by atoms with Gasteiger partial charge < -0.3 is 10.1 Å². The molecule has 0 bridgehead atoms. The van der Waals surface area contributed by atoms with E-state index in [1.165, 1.54) is 6.20 Å². The molecular formula is C11H9ClN2O3. The number of benzene rings is 1. The Bertz CT molecular complexity index is 642. The summed E-state index contributed by atoms with van der Waals surface area (Å²) in [6.45, 7) is 1.76. The molecule has 5 nitrogen and oxygen atoms in total. The Morgan fingerprint density at radius 3 is 2.76 bits per heavy atom. The van der Waals surface area contributed by atoms with E-state index < -0.39 is 11.7 Å². The topological polar surface area (TPSA) is 75.1 Å². The van der Waals surface area contributed by atoms with Crippen molar-refractivity contribution in [1.29, 1.82) is 0 Å². The molecule has 0 saturated heterocycles. The Morgan fingerprint density at radius 1 is 1.47 bits per heavy atom. The molecule has 0 amide bonds. The summed E-state index contributed by atoms with van der Waals surface area (Å²) in [6, 6.07) is 4.89. The molecule has 1 heterocycles. The fourth-order valence-corrected chi connectivity index (χ4v) is 1.86.